The van der Waals surface area contributed by atoms with E-state index in [1.165, 1.54) is 44.2 Å². The lowest BCUT2D eigenvalue weighted by Gasteiger charge is -2.24. The molecule has 2 aromatic rings. The molecule has 0 spiro atoms. The number of imidazole rings is 1. The maximum absolute atomic E-state index is 13.4. The van der Waals surface area contributed by atoms with Gasteiger partial charge in [-0.25, -0.2) is 9.37 Å². The minimum absolute atomic E-state index is 0.350. The number of anilines is 2. The summed E-state index contributed by atoms with van der Waals surface area (Å²) < 4.78 is 15.6. The first-order chi connectivity index (χ1) is 10.1. The molecule has 0 aliphatic heterocycles. The molecule has 1 heterocycles. The predicted molar refractivity (Wildman–Crippen MR) is 83.8 cm³/mol. The molecule has 1 N–H and O–H groups in total. The molecule has 1 fully saturated rings. The molecule has 0 bridgehead atoms. The summed E-state index contributed by atoms with van der Waals surface area (Å²) in [6.45, 7) is 1.98. The molecule has 1 aliphatic rings. The lowest BCUT2D eigenvalue weighted by Crippen LogP contribution is -2.14. The van der Waals surface area contributed by atoms with Gasteiger partial charge in [0.05, 0.1) is 5.69 Å². The van der Waals surface area contributed by atoms with Crippen molar-refractivity contribution in [3.63, 3.8) is 0 Å². The third-order valence-corrected chi connectivity index (χ3v) is 4.16. The summed E-state index contributed by atoms with van der Waals surface area (Å²) in [5, 5.41) is 3.58. The van der Waals surface area contributed by atoms with Gasteiger partial charge in [-0.3, -0.25) is 0 Å². The highest BCUT2D eigenvalue weighted by Gasteiger charge is 2.19. The molecule has 0 amide bonds. The molecule has 3 nitrogen and oxygen atoms in total. The zero-order chi connectivity index (χ0) is 14.8. The van der Waals surface area contributed by atoms with Crippen molar-refractivity contribution in [3.05, 3.63) is 40.9 Å². The molecule has 5 heteroatoms. The lowest BCUT2D eigenvalue weighted by atomic mass is 9.95. The van der Waals surface area contributed by atoms with Crippen LogP contribution >= 0.6 is 11.6 Å². The average Bonchev–Trinajstić information content (AvgIpc) is 2.79. The van der Waals surface area contributed by atoms with E-state index in [-0.39, 0.29) is 5.82 Å². The molecule has 21 heavy (non-hydrogen) atoms. The van der Waals surface area contributed by atoms with Crippen molar-refractivity contribution in [1.82, 2.24) is 9.55 Å². The Morgan fingerprint density at radius 3 is 2.71 bits per heavy atom. The molecule has 3 rings (SSSR count). The lowest BCUT2D eigenvalue weighted by molar-refractivity contribution is 0.356. The van der Waals surface area contributed by atoms with Crippen molar-refractivity contribution in [2.75, 3.05) is 5.32 Å². The third kappa shape index (κ3) is 3.38. The second-order valence-corrected chi connectivity index (χ2v) is 6.12. The van der Waals surface area contributed by atoms with Crippen molar-refractivity contribution in [2.45, 2.75) is 45.1 Å². The summed E-state index contributed by atoms with van der Waals surface area (Å²) in [7, 11) is 0. The van der Waals surface area contributed by atoms with Crippen LogP contribution < -0.4 is 5.32 Å². The minimum atomic E-state index is -0.350. The molecular weight excluding hydrogens is 289 g/mol. The Labute approximate surface area is 129 Å². The highest BCUT2D eigenvalue weighted by atomic mass is 35.5. The Morgan fingerprint density at radius 2 is 2.00 bits per heavy atom. The maximum atomic E-state index is 13.4. The third-order valence-electron chi connectivity index (χ3n) is 3.94. The second-order valence-electron chi connectivity index (χ2n) is 5.69. The van der Waals surface area contributed by atoms with Gasteiger partial charge in [-0.05, 0) is 38.0 Å². The number of benzene rings is 1. The van der Waals surface area contributed by atoms with Gasteiger partial charge >= 0.3 is 0 Å². The van der Waals surface area contributed by atoms with Crippen LogP contribution in [0.2, 0.25) is 5.02 Å². The highest BCUT2D eigenvalue weighted by Crippen LogP contribution is 2.32. The van der Waals surface area contributed by atoms with E-state index in [2.05, 4.69) is 21.1 Å². The van der Waals surface area contributed by atoms with Crippen molar-refractivity contribution in [3.8, 4) is 0 Å². The van der Waals surface area contributed by atoms with E-state index in [0.717, 1.165) is 11.6 Å². The molecule has 0 saturated heterocycles. The van der Waals surface area contributed by atoms with Crippen molar-refractivity contribution in [2.24, 2.45) is 0 Å². The zero-order valence-corrected chi connectivity index (χ0v) is 12.8. The summed E-state index contributed by atoms with van der Waals surface area (Å²) in [4.78, 5) is 4.53. The topological polar surface area (TPSA) is 29.9 Å². The number of aromatic nitrogens is 2. The van der Waals surface area contributed by atoms with Gasteiger partial charge in [0.2, 0.25) is 5.95 Å². The Balaban J connectivity index is 1.87. The maximum Gasteiger partial charge on any atom is 0.207 e. The Morgan fingerprint density at radius 1 is 1.24 bits per heavy atom. The van der Waals surface area contributed by atoms with Crippen molar-refractivity contribution in [1.29, 1.82) is 0 Å². The summed E-state index contributed by atoms with van der Waals surface area (Å²) in [5.41, 5.74) is 1.59. The molecule has 0 radical (unpaired) electrons. The summed E-state index contributed by atoms with van der Waals surface area (Å²) in [5.74, 6) is 0.415. The van der Waals surface area contributed by atoms with E-state index in [1.807, 2.05) is 6.92 Å². The van der Waals surface area contributed by atoms with Gasteiger partial charge in [-0.15, -0.1) is 0 Å². The van der Waals surface area contributed by atoms with E-state index in [9.17, 15) is 4.39 Å². The van der Waals surface area contributed by atoms with Gasteiger partial charge in [-0.2, -0.15) is 0 Å². The first-order valence-electron chi connectivity index (χ1n) is 7.40. The Bertz CT molecular complexity index is 612. The minimum Gasteiger partial charge on any atom is -0.325 e. The summed E-state index contributed by atoms with van der Waals surface area (Å²) >= 11 is 5.90. The van der Waals surface area contributed by atoms with Gasteiger partial charge in [-0.1, -0.05) is 30.9 Å². The van der Waals surface area contributed by atoms with Crippen LogP contribution in [-0.2, 0) is 0 Å². The number of nitrogens with zero attached hydrogens (tertiary/aromatic N) is 2. The van der Waals surface area contributed by atoms with E-state index in [4.69, 9.17) is 11.6 Å². The van der Waals surface area contributed by atoms with Crippen LogP contribution in [0.15, 0.2) is 24.4 Å². The number of nitrogens with one attached hydrogen (secondary N) is 1. The highest BCUT2D eigenvalue weighted by molar-refractivity contribution is 6.30. The molecular formula is C16H19ClFN3. The van der Waals surface area contributed by atoms with Crippen LogP contribution in [-0.4, -0.2) is 9.55 Å². The van der Waals surface area contributed by atoms with Gasteiger partial charge in [0.15, 0.2) is 0 Å². The van der Waals surface area contributed by atoms with E-state index in [0.29, 0.717) is 16.8 Å². The van der Waals surface area contributed by atoms with E-state index in [1.54, 1.807) is 6.07 Å². The summed E-state index contributed by atoms with van der Waals surface area (Å²) in [6, 6.07) is 4.92. The average molecular weight is 308 g/mol. The van der Waals surface area contributed by atoms with Crippen molar-refractivity contribution < 1.29 is 4.39 Å². The van der Waals surface area contributed by atoms with Gasteiger partial charge in [0.1, 0.15) is 5.82 Å². The standard InChI is InChI=1S/C16H19ClFN3/c1-11-10-21(15-5-3-2-4-6-15)16(19-11)20-14-8-12(17)7-13(18)9-14/h7-10,15H,2-6H2,1H3,(H,19,20). The molecule has 112 valence electrons. The molecule has 0 unspecified atom stereocenters. The van der Waals surface area contributed by atoms with Crippen LogP contribution in [0.3, 0.4) is 0 Å². The van der Waals surface area contributed by atoms with Crippen LogP contribution in [0.1, 0.15) is 43.8 Å². The largest absolute Gasteiger partial charge is 0.325 e. The molecule has 1 aromatic carbocycles. The normalized spacial score (nSPS) is 16.1. The fourth-order valence-corrected chi connectivity index (χ4v) is 3.22. The number of rotatable bonds is 3. The molecule has 1 aromatic heterocycles. The number of hydrogen-bond donors (Lipinski definition) is 1. The molecule has 1 aliphatic carbocycles. The smallest absolute Gasteiger partial charge is 0.207 e. The summed E-state index contributed by atoms with van der Waals surface area (Å²) in [6.07, 6.45) is 8.24. The fraction of sp³-hybridized carbons (Fsp3) is 0.438. The van der Waals surface area contributed by atoms with Crippen LogP contribution in [0.5, 0.6) is 0 Å². The van der Waals surface area contributed by atoms with Gasteiger partial charge in [0.25, 0.3) is 0 Å². The fourth-order valence-electron chi connectivity index (χ4n) is 3.00. The molecule has 1 saturated carbocycles. The van der Waals surface area contributed by atoms with Crippen LogP contribution in [0.25, 0.3) is 0 Å². The predicted octanol–water partition coefficient (Wildman–Crippen LogP) is 5.23. The Kier molecular flexibility index (Phi) is 4.15. The number of aryl methyl sites for hydroxylation is 1. The quantitative estimate of drug-likeness (QED) is 0.841. The Hall–Kier alpha value is -1.55. The zero-order valence-electron chi connectivity index (χ0n) is 12.1. The van der Waals surface area contributed by atoms with Gasteiger partial charge in [0, 0.05) is 22.9 Å². The SMILES string of the molecule is Cc1cn(C2CCCCC2)c(Nc2cc(F)cc(Cl)c2)n1. The molecule has 0 atom stereocenters. The van der Waals surface area contributed by atoms with Crippen LogP contribution in [0.4, 0.5) is 16.0 Å². The first-order valence-corrected chi connectivity index (χ1v) is 7.78. The van der Waals surface area contributed by atoms with Crippen molar-refractivity contribution >= 4 is 23.2 Å². The van der Waals surface area contributed by atoms with Gasteiger partial charge < -0.3 is 9.88 Å². The van der Waals surface area contributed by atoms with E-state index >= 15 is 0 Å². The van der Waals surface area contributed by atoms with Crippen LogP contribution in [0, 0.1) is 12.7 Å². The first kappa shape index (κ1) is 14.4. The number of halogens is 2. The van der Waals surface area contributed by atoms with E-state index < -0.39 is 0 Å². The second kappa shape index (κ2) is 6.06. The number of hydrogen-bond acceptors (Lipinski definition) is 2. The monoisotopic (exact) mass is 307 g/mol.